The van der Waals surface area contributed by atoms with Crippen LogP contribution >= 0.6 is 23.2 Å². The second-order valence-corrected chi connectivity index (χ2v) is 5.94. The number of anilines is 1. The zero-order valence-corrected chi connectivity index (χ0v) is 14.5. The van der Waals surface area contributed by atoms with Crippen molar-refractivity contribution in [3.8, 4) is 5.75 Å². The highest BCUT2D eigenvalue weighted by atomic mass is 35.5. The number of halogens is 2. The van der Waals surface area contributed by atoms with Crippen LogP contribution in [0.3, 0.4) is 0 Å². The van der Waals surface area contributed by atoms with Gasteiger partial charge in [0.25, 0.3) is 0 Å². The molecule has 0 aliphatic carbocycles. The first kappa shape index (κ1) is 17.4. The fourth-order valence-corrected chi connectivity index (χ4v) is 2.24. The van der Waals surface area contributed by atoms with E-state index in [1.807, 2.05) is 32.0 Å². The van der Waals surface area contributed by atoms with Crippen LogP contribution in [0.2, 0.25) is 10.0 Å². The van der Waals surface area contributed by atoms with Crippen molar-refractivity contribution in [3.05, 3.63) is 57.6 Å². The number of amides is 2. The second kappa shape index (κ2) is 8.09. The lowest BCUT2D eigenvalue weighted by atomic mass is 10.1. The number of hydrogen-bond donors (Lipinski definition) is 2. The molecule has 0 heterocycles. The lowest BCUT2D eigenvalue weighted by Gasteiger charge is -2.11. The minimum atomic E-state index is -0.326. The molecule has 0 aliphatic heterocycles. The molecular weight excluding hydrogens is 335 g/mol. The summed E-state index contributed by atoms with van der Waals surface area (Å²) in [5.74, 6) is 0.830. The minimum Gasteiger partial charge on any atom is -0.491 e. The summed E-state index contributed by atoms with van der Waals surface area (Å²) >= 11 is 11.7. The Morgan fingerprint density at radius 1 is 1.09 bits per heavy atom. The van der Waals surface area contributed by atoms with Gasteiger partial charge >= 0.3 is 6.03 Å². The van der Waals surface area contributed by atoms with Crippen LogP contribution in [0.1, 0.15) is 11.1 Å². The quantitative estimate of drug-likeness (QED) is 0.758. The molecule has 0 saturated heterocycles. The van der Waals surface area contributed by atoms with Gasteiger partial charge in [-0.2, -0.15) is 0 Å². The fraction of sp³-hybridized carbons (Fsp3) is 0.235. The zero-order chi connectivity index (χ0) is 16.8. The lowest BCUT2D eigenvalue weighted by molar-refractivity contribution is 0.247. The zero-order valence-electron chi connectivity index (χ0n) is 13.0. The Hall–Kier alpha value is -1.91. The third-order valence-electron chi connectivity index (χ3n) is 3.17. The average molecular weight is 353 g/mol. The molecule has 2 aromatic rings. The van der Waals surface area contributed by atoms with Crippen LogP contribution in [-0.4, -0.2) is 19.2 Å². The van der Waals surface area contributed by atoms with Crippen molar-refractivity contribution in [1.82, 2.24) is 5.32 Å². The van der Waals surface area contributed by atoms with E-state index < -0.39 is 0 Å². The van der Waals surface area contributed by atoms with E-state index in [2.05, 4.69) is 10.6 Å². The summed E-state index contributed by atoms with van der Waals surface area (Å²) in [5.41, 5.74) is 2.78. The van der Waals surface area contributed by atoms with E-state index in [1.165, 1.54) is 0 Å². The van der Waals surface area contributed by atoms with E-state index in [4.69, 9.17) is 27.9 Å². The number of rotatable bonds is 5. The monoisotopic (exact) mass is 352 g/mol. The molecule has 0 saturated carbocycles. The number of urea groups is 1. The molecule has 6 heteroatoms. The molecule has 2 N–H and O–H groups in total. The van der Waals surface area contributed by atoms with E-state index in [-0.39, 0.29) is 6.03 Å². The Bertz CT molecular complexity index is 705. The van der Waals surface area contributed by atoms with Crippen molar-refractivity contribution < 1.29 is 9.53 Å². The Kier molecular flexibility index (Phi) is 6.13. The molecule has 0 atom stereocenters. The summed E-state index contributed by atoms with van der Waals surface area (Å²) in [6, 6.07) is 10.6. The van der Waals surface area contributed by atoms with Gasteiger partial charge < -0.3 is 15.4 Å². The Morgan fingerprint density at radius 2 is 1.87 bits per heavy atom. The smallest absolute Gasteiger partial charge is 0.319 e. The van der Waals surface area contributed by atoms with E-state index >= 15 is 0 Å². The summed E-state index contributed by atoms with van der Waals surface area (Å²) in [6.45, 7) is 4.77. The van der Waals surface area contributed by atoms with Gasteiger partial charge in [-0.25, -0.2) is 4.79 Å². The van der Waals surface area contributed by atoms with E-state index in [0.717, 1.165) is 16.9 Å². The number of nitrogens with one attached hydrogen (secondary N) is 2. The van der Waals surface area contributed by atoms with Gasteiger partial charge in [0.05, 0.1) is 16.6 Å². The summed E-state index contributed by atoms with van der Waals surface area (Å²) < 4.78 is 5.67. The molecular formula is C17H18Cl2N2O2. The van der Waals surface area contributed by atoms with Crippen molar-refractivity contribution in [2.45, 2.75) is 13.8 Å². The van der Waals surface area contributed by atoms with Crippen molar-refractivity contribution in [2.24, 2.45) is 0 Å². The van der Waals surface area contributed by atoms with E-state index in [0.29, 0.717) is 28.9 Å². The Balaban J connectivity index is 1.76. The van der Waals surface area contributed by atoms with Crippen LogP contribution in [0.25, 0.3) is 0 Å². The predicted molar refractivity (Wildman–Crippen MR) is 94.9 cm³/mol. The highest BCUT2D eigenvalue weighted by Gasteiger charge is 2.04. The number of carbonyl (C=O) groups excluding carboxylic acids is 1. The maximum absolute atomic E-state index is 11.8. The molecule has 2 rings (SSSR count). The van der Waals surface area contributed by atoms with Crippen molar-refractivity contribution in [3.63, 3.8) is 0 Å². The normalized spacial score (nSPS) is 10.3. The van der Waals surface area contributed by atoms with Crippen LogP contribution in [0.15, 0.2) is 36.4 Å². The van der Waals surface area contributed by atoms with Gasteiger partial charge in [-0.15, -0.1) is 0 Å². The minimum absolute atomic E-state index is 0.326. The topological polar surface area (TPSA) is 50.4 Å². The summed E-state index contributed by atoms with van der Waals surface area (Å²) in [4.78, 5) is 11.8. The van der Waals surface area contributed by atoms with Gasteiger partial charge in [0.15, 0.2) is 0 Å². The van der Waals surface area contributed by atoms with Crippen LogP contribution in [0, 0.1) is 13.8 Å². The second-order valence-electron chi connectivity index (χ2n) is 5.13. The lowest BCUT2D eigenvalue weighted by Crippen LogP contribution is -2.32. The van der Waals surface area contributed by atoms with Gasteiger partial charge in [-0.3, -0.25) is 0 Å². The largest absolute Gasteiger partial charge is 0.491 e. The van der Waals surface area contributed by atoms with Crippen LogP contribution in [0.4, 0.5) is 10.5 Å². The Morgan fingerprint density at radius 3 is 2.61 bits per heavy atom. The third kappa shape index (κ3) is 5.34. The van der Waals surface area contributed by atoms with Crippen LogP contribution in [0.5, 0.6) is 5.75 Å². The molecule has 23 heavy (non-hydrogen) atoms. The highest BCUT2D eigenvalue weighted by molar-refractivity contribution is 6.42. The molecule has 0 spiro atoms. The summed E-state index contributed by atoms with van der Waals surface area (Å²) in [6.07, 6.45) is 0. The molecule has 122 valence electrons. The molecule has 0 bridgehead atoms. The molecule has 0 unspecified atom stereocenters. The average Bonchev–Trinajstić information content (AvgIpc) is 2.51. The van der Waals surface area contributed by atoms with E-state index in [1.54, 1.807) is 18.2 Å². The first-order valence-electron chi connectivity index (χ1n) is 7.15. The van der Waals surface area contributed by atoms with Gasteiger partial charge in [0.2, 0.25) is 0 Å². The predicted octanol–water partition coefficient (Wildman–Crippen LogP) is 4.81. The molecule has 0 radical (unpaired) electrons. The number of benzene rings is 2. The van der Waals surface area contributed by atoms with Gasteiger partial charge in [-0.05, 0) is 49.2 Å². The maximum atomic E-state index is 11.8. The van der Waals surface area contributed by atoms with E-state index in [9.17, 15) is 4.79 Å². The number of carbonyl (C=O) groups is 1. The van der Waals surface area contributed by atoms with Gasteiger partial charge in [-0.1, -0.05) is 35.3 Å². The molecule has 0 aromatic heterocycles. The molecule has 4 nitrogen and oxygen atoms in total. The highest BCUT2D eigenvalue weighted by Crippen LogP contribution is 2.24. The van der Waals surface area contributed by atoms with Gasteiger partial charge in [0.1, 0.15) is 12.4 Å². The number of aryl methyl sites for hydroxylation is 2. The molecule has 0 aliphatic rings. The van der Waals surface area contributed by atoms with Crippen molar-refractivity contribution >= 4 is 34.9 Å². The number of ether oxygens (including phenoxy) is 1. The van der Waals surface area contributed by atoms with Crippen LogP contribution in [-0.2, 0) is 0 Å². The standard InChI is InChI=1S/C17H18Cl2N2O2/c1-11-3-4-12(2)16(9-11)23-8-7-20-17(22)21-13-5-6-14(18)15(19)10-13/h3-6,9-10H,7-8H2,1-2H3,(H2,20,21,22). The first-order valence-corrected chi connectivity index (χ1v) is 7.91. The fourth-order valence-electron chi connectivity index (χ4n) is 1.94. The first-order chi connectivity index (χ1) is 11.0. The van der Waals surface area contributed by atoms with Crippen molar-refractivity contribution in [1.29, 1.82) is 0 Å². The molecule has 2 aromatic carbocycles. The van der Waals surface area contributed by atoms with Gasteiger partial charge in [0, 0.05) is 5.69 Å². The SMILES string of the molecule is Cc1ccc(C)c(OCCNC(=O)Nc2ccc(Cl)c(Cl)c2)c1. The Labute approximate surface area is 145 Å². The maximum Gasteiger partial charge on any atom is 0.319 e. The third-order valence-corrected chi connectivity index (χ3v) is 3.91. The molecule has 0 fully saturated rings. The summed E-state index contributed by atoms with van der Waals surface area (Å²) in [7, 11) is 0. The summed E-state index contributed by atoms with van der Waals surface area (Å²) in [5, 5.41) is 6.23. The van der Waals surface area contributed by atoms with Crippen molar-refractivity contribution in [2.75, 3.05) is 18.5 Å². The van der Waals surface area contributed by atoms with Crippen LogP contribution < -0.4 is 15.4 Å². The number of hydrogen-bond acceptors (Lipinski definition) is 2. The molecule has 2 amide bonds.